The van der Waals surface area contributed by atoms with Crippen LogP contribution in [0.15, 0.2) is 16.6 Å². The molecule has 2 N–H and O–H groups in total. The molecule has 1 aliphatic rings. The Bertz CT molecular complexity index is 267. The van der Waals surface area contributed by atoms with Gasteiger partial charge in [0.1, 0.15) is 0 Å². The van der Waals surface area contributed by atoms with E-state index in [1.54, 1.807) is 5.57 Å². The lowest BCUT2D eigenvalue weighted by Crippen LogP contribution is -2.39. The van der Waals surface area contributed by atoms with Crippen molar-refractivity contribution in [3.63, 3.8) is 0 Å². The number of hydrogen-bond donors (Lipinski definition) is 2. The Balaban J connectivity index is 2.17. The number of rotatable bonds is 5. The number of allylic oxidation sites excluding steroid dienone is 1. The molecule has 0 fully saturated rings. The van der Waals surface area contributed by atoms with E-state index in [4.69, 9.17) is 0 Å². The second-order valence-corrected chi connectivity index (χ2v) is 5.13. The van der Waals surface area contributed by atoms with E-state index < -0.39 is 0 Å². The van der Waals surface area contributed by atoms with Crippen LogP contribution in [0.1, 0.15) is 46.0 Å². The lowest BCUT2D eigenvalue weighted by Gasteiger charge is -2.15. The molecule has 1 aliphatic carbocycles. The molecule has 0 amide bonds. The molecular weight excluding hydrogens is 210 g/mol. The van der Waals surface area contributed by atoms with Gasteiger partial charge in [-0.1, -0.05) is 25.5 Å². The van der Waals surface area contributed by atoms with Gasteiger partial charge in [-0.25, -0.2) is 0 Å². The summed E-state index contributed by atoms with van der Waals surface area (Å²) < 4.78 is 0. The molecule has 0 heterocycles. The quantitative estimate of drug-likeness (QED) is 0.438. The summed E-state index contributed by atoms with van der Waals surface area (Å²) in [5, 5.41) is 6.70. The normalized spacial score (nSPS) is 16.9. The van der Waals surface area contributed by atoms with Gasteiger partial charge in [0.25, 0.3) is 0 Å². The lowest BCUT2D eigenvalue weighted by atomic mass is 9.97. The molecule has 98 valence electrons. The van der Waals surface area contributed by atoms with E-state index in [1.807, 2.05) is 7.05 Å². The van der Waals surface area contributed by atoms with Gasteiger partial charge < -0.3 is 10.6 Å². The first-order chi connectivity index (χ1) is 8.22. The summed E-state index contributed by atoms with van der Waals surface area (Å²) in [5.74, 6) is 1.57. The summed E-state index contributed by atoms with van der Waals surface area (Å²) in [6.07, 6.45) is 8.87. The molecule has 0 atom stereocenters. The molecule has 0 aliphatic heterocycles. The number of nitrogens with one attached hydrogen (secondary N) is 2. The Labute approximate surface area is 106 Å². The van der Waals surface area contributed by atoms with Crippen LogP contribution in [0.25, 0.3) is 0 Å². The predicted octanol–water partition coefficient (Wildman–Crippen LogP) is 2.70. The van der Waals surface area contributed by atoms with Gasteiger partial charge in [0, 0.05) is 20.1 Å². The Morgan fingerprint density at radius 3 is 2.76 bits per heavy atom. The smallest absolute Gasteiger partial charge is 0.190 e. The highest BCUT2D eigenvalue weighted by Crippen LogP contribution is 2.19. The van der Waals surface area contributed by atoms with Crippen molar-refractivity contribution < 1.29 is 0 Å². The van der Waals surface area contributed by atoms with Gasteiger partial charge in [-0.15, -0.1) is 0 Å². The van der Waals surface area contributed by atoms with Crippen LogP contribution >= 0.6 is 0 Å². The van der Waals surface area contributed by atoms with Gasteiger partial charge in [0.2, 0.25) is 0 Å². The van der Waals surface area contributed by atoms with Crippen LogP contribution in [-0.4, -0.2) is 26.1 Å². The lowest BCUT2D eigenvalue weighted by molar-refractivity contribution is 0.612. The molecule has 0 bridgehead atoms. The SMILES string of the molecule is CN=C(NCCC1=CCCCC1)NCC(C)C. The maximum absolute atomic E-state index is 4.22. The van der Waals surface area contributed by atoms with Crippen LogP contribution < -0.4 is 10.6 Å². The monoisotopic (exact) mass is 237 g/mol. The first-order valence-corrected chi connectivity index (χ1v) is 6.84. The Morgan fingerprint density at radius 1 is 1.35 bits per heavy atom. The molecule has 0 radical (unpaired) electrons. The van der Waals surface area contributed by atoms with E-state index in [2.05, 4.69) is 35.5 Å². The Morgan fingerprint density at radius 2 is 2.18 bits per heavy atom. The molecule has 0 spiro atoms. The highest BCUT2D eigenvalue weighted by molar-refractivity contribution is 5.79. The first-order valence-electron chi connectivity index (χ1n) is 6.84. The predicted molar refractivity (Wildman–Crippen MR) is 75.4 cm³/mol. The summed E-state index contributed by atoms with van der Waals surface area (Å²) in [4.78, 5) is 4.22. The fourth-order valence-corrected chi connectivity index (χ4v) is 1.99. The number of guanidine groups is 1. The highest BCUT2D eigenvalue weighted by atomic mass is 15.2. The third kappa shape index (κ3) is 6.35. The van der Waals surface area contributed by atoms with E-state index in [1.165, 1.54) is 25.7 Å². The average Bonchev–Trinajstić information content (AvgIpc) is 2.34. The van der Waals surface area contributed by atoms with Gasteiger partial charge >= 0.3 is 0 Å². The molecule has 0 saturated carbocycles. The van der Waals surface area contributed by atoms with Gasteiger partial charge in [-0.3, -0.25) is 4.99 Å². The van der Waals surface area contributed by atoms with E-state index >= 15 is 0 Å². The van der Waals surface area contributed by atoms with Crippen LogP contribution in [-0.2, 0) is 0 Å². The van der Waals surface area contributed by atoms with Crippen molar-refractivity contribution in [2.45, 2.75) is 46.0 Å². The summed E-state index contributed by atoms with van der Waals surface area (Å²) >= 11 is 0. The van der Waals surface area contributed by atoms with Crippen molar-refractivity contribution in [3.8, 4) is 0 Å². The van der Waals surface area contributed by atoms with Crippen molar-refractivity contribution in [1.29, 1.82) is 0 Å². The Hall–Kier alpha value is -0.990. The molecular formula is C14H27N3. The van der Waals surface area contributed by atoms with Crippen LogP contribution in [0.3, 0.4) is 0 Å². The zero-order chi connectivity index (χ0) is 12.5. The van der Waals surface area contributed by atoms with Gasteiger partial charge in [0.05, 0.1) is 0 Å². The number of aliphatic imine (C=N–C) groups is 1. The standard InChI is InChI=1S/C14H27N3/c1-12(2)11-17-14(15-3)16-10-9-13-7-5-4-6-8-13/h7,12H,4-6,8-11H2,1-3H3,(H2,15,16,17). The molecule has 0 aromatic heterocycles. The minimum atomic E-state index is 0.648. The van der Waals surface area contributed by atoms with Gasteiger partial charge in [-0.05, 0) is 38.0 Å². The zero-order valence-corrected chi connectivity index (χ0v) is 11.6. The van der Waals surface area contributed by atoms with Crippen LogP contribution in [0.5, 0.6) is 0 Å². The van der Waals surface area contributed by atoms with Crippen molar-refractivity contribution in [1.82, 2.24) is 10.6 Å². The minimum Gasteiger partial charge on any atom is -0.356 e. The van der Waals surface area contributed by atoms with Crippen LogP contribution in [0.4, 0.5) is 0 Å². The van der Waals surface area contributed by atoms with Gasteiger partial charge in [-0.2, -0.15) is 0 Å². The molecule has 1 rings (SSSR count). The first kappa shape index (κ1) is 14.1. The topological polar surface area (TPSA) is 36.4 Å². The summed E-state index contributed by atoms with van der Waals surface area (Å²) in [5.41, 5.74) is 1.61. The Kier molecular flexibility index (Phi) is 6.75. The minimum absolute atomic E-state index is 0.648. The highest BCUT2D eigenvalue weighted by Gasteiger charge is 2.04. The molecule has 3 heteroatoms. The fourth-order valence-electron chi connectivity index (χ4n) is 1.99. The van der Waals surface area contributed by atoms with E-state index in [0.29, 0.717) is 5.92 Å². The van der Waals surface area contributed by atoms with E-state index in [0.717, 1.165) is 25.5 Å². The maximum Gasteiger partial charge on any atom is 0.190 e. The number of nitrogens with zero attached hydrogens (tertiary/aromatic N) is 1. The molecule has 0 aromatic carbocycles. The second kappa shape index (κ2) is 8.15. The van der Waals surface area contributed by atoms with Crippen molar-refractivity contribution in [2.75, 3.05) is 20.1 Å². The molecule has 0 unspecified atom stereocenters. The van der Waals surface area contributed by atoms with Crippen LogP contribution in [0, 0.1) is 5.92 Å². The van der Waals surface area contributed by atoms with Crippen LogP contribution in [0.2, 0.25) is 0 Å². The van der Waals surface area contributed by atoms with E-state index in [-0.39, 0.29) is 0 Å². The average molecular weight is 237 g/mol. The van der Waals surface area contributed by atoms with Crippen molar-refractivity contribution in [3.05, 3.63) is 11.6 Å². The summed E-state index contributed by atoms with van der Waals surface area (Å²) in [6.45, 7) is 6.37. The number of hydrogen-bond acceptors (Lipinski definition) is 1. The third-order valence-corrected chi connectivity index (χ3v) is 3.02. The molecule has 0 saturated heterocycles. The maximum atomic E-state index is 4.22. The van der Waals surface area contributed by atoms with Crippen molar-refractivity contribution >= 4 is 5.96 Å². The zero-order valence-electron chi connectivity index (χ0n) is 11.6. The molecule has 0 aromatic rings. The fraction of sp³-hybridized carbons (Fsp3) is 0.786. The van der Waals surface area contributed by atoms with Gasteiger partial charge in [0.15, 0.2) is 5.96 Å². The molecule has 17 heavy (non-hydrogen) atoms. The largest absolute Gasteiger partial charge is 0.356 e. The van der Waals surface area contributed by atoms with E-state index in [9.17, 15) is 0 Å². The molecule has 3 nitrogen and oxygen atoms in total. The summed E-state index contributed by atoms with van der Waals surface area (Å²) in [7, 11) is 1.83. The van der Waals surface area contributed by atoms with Crippen molar-refractivity contribution in [2.24, 2.45) is 10.9 Å². The summed E-state index contributed by atoms with van der Waals surface area (Å²) in [6, 6.07) is 0. The second-order valence-electron chi connectivity index (χ2n) is 5.13. The third-order valence-electron chi connectivity index (χ3n) is 3.02.